The van der Waals surface area contributed by atoms with E-state index in [1.807, 2.05) is 61.5 Å². The van der Waals surface area contributed by atoms with Crippen LogP contribution in [-0.4, -0.2) is 5.78 Å². The predicted octanol–water partition coefficient (Wildman–Crippen LogP) is 5.06. The summed E-state index contributed by atoms with van der Waals surface area (Å²) in [6.45, 7) is 2.30. The second kappa shape index (κ2) is 7.47. The third-order valence-corrected chi connectivity index (χ3v) is 3.55. The number of rotatable bonds is 6. The summed E-state index contributed by atoms with van der Waals surface area (Å²) in [5.41, 5.74) is 1.95. The molecule has 120 valence electrons. The zero-order valence-electron chi connectivity index (χ0n) is 13.4. The van der Waals surface area contributed by atoms with Crippen LogP contribution in [0.2, 0.25) is 0 Å². The van der Waals surface area contributed by atoms with E-state index in [1.54, 1.807) is 18.2 Å². The van der Waals surface area contributed by atoms with E-state index in [0.717, 1.165) is 22.6 Å². The third kappa shape index (κ3) is 4.02. The van der Waals surface area contributed by atoms with Crippen molar-refractivity contribution in [3.63, 3.8) is 0 Å². The fourth-order valence-electron chi connectivity index (χ4n) is 2.30. The summed E-state index contributed by atoms with van der Waals surface area (Å²) in [6, 6.07) is 21.1. The Morgan fingerprint density at radius 3 is 2.50 bits per heavy atom. The summed E-state index contributed by atoms with van der Waals surface area (Å²) in [6.07, 6.45) is 3.25. The molecule has 0 spiro atoms. The lowest BCUT2D eigenvalue weighted by Gasteiger charge is -2.09. The van der Waals surface area contributed by atoms with Crippen molar-refractivity contribution in [1.29, 1.82) is 0 Å². The van der Waals surface area contributed by atoms with Crippen LogP contribution in [0.25, 0.3) is 6.08 Å². The monoisotopic (exact) mass is 318 g/mol. The van der Waals surface area contributed by atoms with Crippen LogP contribution >= 0.6 is 0 Å². The quantitative estimate of drug-likeness (QED) is 0.471. The first kappa shape index (κ1) is 15.8. The van der Waals surface area contributed by atoms with Crippen molar-refractivity contribution in [2.45, 2.75) is 13.5 Å². The average Bonchev–Trinajstić information content (AvgIpc) is 3.06. The van der Waals surface area contributed by atoms with Crippen LogP contribution in [0.3, 0.4) is 0 Å². The Bertz CT molecular complexity index is 844. The highest BCUT2D eigenvalue weighted by Gasteiger charge is 2.07. The molecule has 0 saturated carbocycles. The predicted molar refractivity (Wildman–Crippen MR) is 94.0 cm³/mol. The standard InChI is InChI=1S/C21H18O3/c1-16-11-14-21(24-16)19(22)13-12-18-9-5-6-10-20(18)23-15-17-7-3-2-4-8-17/h2-14H,15H2,1H3/b13-12+. The van der Waals surface area contributed by atoms with Crippen LogP contribution in [0.4, 0.5) is 0 Å². The van der Waals surface area contributed by atoms with Crippen LogP contribution in [0, 0.1) is 6.92 Å². The van der Waals surface area contributed by atoms with Crippen molar-refractivity contribution in [1.82, 2.24) is 0 Å². The molecule has 2 aromatic carbocycles. The molecular weight excluding hydrogens is 300 g/mol. The molecule has 0 N–H and O–H groups in total. The lowest BCUT2D eigenvalue weighted by Crippen LogP contribution is -1.97. The smallest absolute Gasteiger partial charge is 0.221 e. The number of carbonyl (C=O) groups is 1. The Balaban J connectivity index is 1.72. The molecule has 3 rings (SSSR count). The van der Waals surface area contributed by atoms with Gasteiger partial charge < -0.3 is 9.15 Å². The van der Waals surface area contributed by atoms with E-state index < -0.39 is 0 Å². The summed E-state index contributed by atoms with van der Waals surface area (Å²) in [7, 11) is 0. The number of allylic oxidation sites excluding steroid dienone is 1. The third-order valence-electron chi connectivity index (χ3n) is 3.55. The van der Waals surface area contributed by atoms with E-state index in [4.69, 9.17) is 9.15 Å². The molecule has 0 unspecified atom stereocenters. The maximum atomic E-state index is 12.1. The van der Waals surface area contributed by atoms with Crippen molar-refractivity contribution in [2.75, 3.05) is 0 Å². The molecule has 0 saturated heterocycles. The van der Waals surface area contributed by atoms with Gasteiger partial charge in [0.25, 0.3) is 0 Å². The zero-order chi connectivity index (χ0) is 16.8. The number of hydrogen-bond donors (Lipinski definition) is 0. The minimum absolute atomic E-state index is 0.166. The lowest BCUT2D eigenvalue weighted by atomic mass is 10.1. The molecule has 0 radical (unpaired) electrons. The average molecular weight is 318 g/mol. The summed E-state index contributed by atoms with van der Waals surface area (Å²) < 4.78 is 11.2. The van der Waals surface area contributed by atoms with Crippen molar-refractivity contribution in [3.8, 4) is 5.75 Å². The van der Waals surface area contributed by atoms with Gasteiger partial charge in [-0.25, -0.2) is 0 Å². The molecule has 3 heteroatoms. The second-order valence-corrected chi connectivity index (χ2v) is 5.42. The molecule has 24 heavy (non-hydrogen) atoms. The van der Waals surface area contributed by atoms with E-state index in [2.05, 4.69) is 0 Å². The van der Waals surface area contributed by atoms with E-state index >= 15 is 0 Å². The fourth-order valence-corrected chi connectivity index (χ4v) is 2.30. The normalized spacial score (nSPS) is 10.9. The number of carbonyl (C=O) groups excluding carboxylic acids is 1. The molecule has 0 atom stereocenters. The van der Waals surface area contributed by atoms with Crippen LogP contribution in [0.15, 0.2) is 77.2 Å². The molecule has 3 nitrogen and oxygen atoms in total. The van der Waals surface area contributed by atoms with Crippen molar-refractivity contribution in [3.05, 3.63) is 95.5 Å². The first-order valence-corrected chi connectivity index (χ1v) is 7.77. The molecule has 0 bridgehead atoms. The number of aryl methyl sites for hydroxylation is 1. The maximum Gasteiger partial charge on any atom is 0.221 e. The van der Waals surface area contributed by atoms with Crippen LogP contribution in [-0.2, 0) is 6.61 Å². The molecular formula is C21H18O3. The Morgan fingerprint density at radius 2 is 1.75 bits per heavy atom. The Labute approximate surface area is 141 Å². The van der Waals surface area contributed by atoms with Gasteiger partial charge in [-0.05, 0) is 42.8 Å². The van der Waals surface area contributed by atoms with Gasteiger partial charge >= 0.3 is 0 Å². The Kier molecular flexibility index (Phi) is 4.92. The topological polar surface area (TPSA) is 39.4 Å². The molecule has 0 aliphatic rings. The maximum absolute atomic E-state index is 12.1. The molecule has 3 aromatic rings. The van der Waals surface area contributed by atoms with E-state index in [9.17, 15) is 4.79 Å². The highest BCUT2D eigenvalue weighted by atomic mass is 16.5. The zero-order valence-corrected chi connectivity index (χ0v) is 13.4. The number of hydrogen-bond acceptors (Lipinski definition) is 3. The van der Waals surface area contributed by atoms with E-state index in [-0.39, 0.29) is 5.78 Å². The number of ether oxygens (including phenoxy) is 1. The first-order chi connectivity index (χ1) is 11.7. The fraction of sp³-hybridized carbons (Fsp3) is 0.0952. The van der Waals surface area contributed by atoms with Gasteiger partial charge in [-0.15, -0.1) is 0 Å². The molecule has 1 aromatic heterocycles. The molecule has 1 heterocycles. The SMILES string of the molecule is Cc1ccc(C(=O)/C=C/c2ccccc2OCc2ccccc2)o1. The first-order valence-electron chi connectivity index (χ1n) is 7.77. The Hall–Kier alpha value is -3.07. The number of furan rings is 1. The van der Waals surface area contributed by atoms with Gasteiger partial charge in [-0.2, -0.15) is 0 Å². The summed E-state index contributed by atoms with van der Waals surface area (Å²) in [5, 5.41) is 0. The molecule has 0 amide bonds. The summed E-state index contributed by atoms with van der Waals surface area (Å²) >= 11 is 0. The lowest BCUT2D eigenvalue weighted by molar-refractivity contribution is 0.102. The number of para-hydroxylation sites is 1. The van der Waals surface area contributed by atoms with Gasteiger partial charge in [-0.3, -0.25) is 4.79 Å². The molecule has 0 aliphatic heterocycles. The second-order valence-electron chi connectivity index (χ2n) is 5.42. The number of ketones is 1. The van der Waals surface area contributed by atoms with Crippen LogP contribution in [0.5, 0.6) is 5.75 Å². The van der Waals surface area contributed by atoms with Gasteiger partial charge in [0.2, 0.25) is 5.78 Å². The molecule has 0 fully saturated rings. The number of benzene rings is 2. The Morgan fingerprint density at radius 1 is 1.00 bits per heavy atom. The summed E-state index contributed by atoms with van der Waals surface area (Å²) in [5.74, 6) is 1.63. The van der Waals surface area contributed by atoms with Gasteiger partial charge in [-0.1, -0.05) is 48.5 Å². The van der Waals surface area contributed by atoms with Crippen molar-refractivity contribution >= 4 is 11.9 Å². The largest absolute Gasteiger partial charge is 0.488 e. The van der Waals surface area contributed by atoms with Gasteiger partial charge in [0.05, 0.1) is 0 Å². The van der Waals surface area contributed by atoms with Crippen molar-refractivity contribution in [2.24, 2.45) is 0 Å². The van der Waals surface area contributed by atoms with Gasteiger partial charge in [0, 0.05) is 5.56 Å². The van der Waals surface area contributed by atoms with Crippen molar-refractivity contribution < 1.29 is 13.9 Å². The van der Waals surface area contributed by atoms with Crippen LogP contribution < -0.4 is 4.74 Å². The molecule has 0 aliphatic carbocycles. The van der Waals surface area contributed by atoms with Gasteiger partial charge in [0.15, 0.2) is 5.76 Å². The van der Waals surface area contributed by atoms with E-state index in [0.29, 0.717) is 12.4 Å². The van der Waals surface area contributed by atoms with E-state index in [1.165, 1.54) is 6.08 Å². The highest BCUT2D eigenvalue weighted by Crippen LogP contribution is 2.21. The summed E-state index contributed by atoms with van der Waals surface area (Å²) in [4.78, 5) is 12.1. The minimum Gasteiger partial charge on any atom is -0.488 e. The minimum atomic E-state index is -0.166. The highest BCUT2D eigenvalue weighted by molar-refractivity contribution is 6.05. The van der Waals surface area contributed by atoms with Gasteiger partial charge in [0.1, 0.15) is 18.1 Å². The van der Waals surface area contributed by atoms with Crippen LogP contribution in [0.1, 0.15) is 27.4 Å².